The molecule has 3 aromatic rings. The highest BCUT2D eigenvalue weighted by Gasteiger charge is 2.36. The van der Waals surface area contributed by atoms with Crippen molar-refractivity contribution in [2.24, 2.45) is 5.92 Å². The van der Waals surface area contributed by atoms with Crippen molar-refractivity contribution in [2.45, 2.75) is 19.4 Å². The summed E-state index contributed by atoms with van der Waals surface area (Å²) >= 11 is 6.23. The highest BCUT2D eigenvalue weighted by atomic mass is 35.5. The lowest BCUT2D eigenvalue weighted by molar-refractivity contribution is -0.126. The van der Waals surface area contributed by atoms with Crippen LogP contribution in [0.15, 0.2) is 78.9 Å². The SMILES string of the molecule is Cc1ccc(N2C[C@H](C(=O)NC(c3ccccc3)c3ccccc3)CC2=O)cc1Cl. The Morgan fingerprint density at radius 2 is 1.60 bits per heavy atom. The number of nitrogens with zero attached hydrogens (tertiary/aromatic N) is 1. The number of benzene rings is 3. The first-order chi connectivity index (χ1) is 14.5. The van der Waals surface area contributed by atoms with E-state index >= 15 is 0 Å². The van der Waals surface area contributed by atoms with E-state index < -0.39 is 5.92 Å². The second-order valence-electron chi connectivity index (χ2n) is 7.60. The molecule has 1 aliphatic heterocycles. The molecule has 0 spiro atoms. The average Bonchev–Trinajstić information content (AvgIpc) is 3.17. The van der Waals surface area contributed by atoms with Crippen molar-refractivity contribution >= 4 is 29.1 Å². The number of hydrogen-bond donors (Lipinski definition) is 1. The van der Waals surface area contributed by atoms with Gasteiger partial charge in [0.15, 0.2) is 0 Å². The van der Waals surface area contributed by atoms with Gasteiger partial charge >= 0.3 is 0 Å². The van der Waals surface area contributed by atoms with Crippen LogP contribution in [0.25, 0.3) is 0 Å². The van der Waals surface area contributed by atoms with Crippen molar-refractivity contribution < 1.29 is 9.59 Å². The van der Waals surface area contributed by atoms with Gasteiger partial charge in [0, 0.05) is 23.7 Å². The van der Waals surface area contributed by atoms with Gasteiger partial charge in [0.1, 0.15) is 0 Å². The molecule has 1 fully saturated rings. The van der Waals surface area contributed by atoms with Crippen molar-refractivity contribution in [3.63, 3.8) is 0 Å². The van der Waals surface area contributed by atoms with E-state index in [0.29, 0.717) is 11.6 Å². The number of hydrogen-bond acceptors (Lipinski definition) is 2. The fourth-order valence-electron chi connectivity index (χ4n) is 3.79. The number of nitrogens with one attached hydrogen (secondary N) is 1. The molecule has 0 saturated carbocycles. The summed E-state index contributed by atoms with van der Waals surface area (Å²) in [6.45, 7) is 2.27. The number of anilines is 1. The van der Waals surface area contributed by atoms with Gasteiger partial charge in [-0.25, -0.2) is 0 Å². The summed E-state index contributed by atoms with van der Waals surface area (Å²) in [6, 6.07) is 25.0. The third kappa shape index (κ3) is 4.24. The Morgan fingerprint density at radius 3 is 2.17 bits per heavy atom. The van der Waals surface area contributed by atoms with Gasteiger partial charge in [0.05, 0.1) is 12.0 Å². The molecule has 0 unspecified atom stereocenters. The van der Waals surface area contributed by atoms with Crippen LogP contribution >= 0.6 is 11.6 Å². The number of amides is 2. The third-order valence-electron chi connectivity index (χ3n) is 5.52. The molecule has 4 nitrogen and oxygen atoms in total. The van der Waals surface area contributed by atoms with E-state index in [9.17, 15) is 9.59 Å². The van der Waals surface area contributed by atoms with E-state index in [4.69, 9.17) is 11.6 Å². The van der Waals surface area contributed by atoms with Crippen LogP contribution in [-0.4, -0.2) is 18.4 Å². The van der Waals surface area contributed by atoms with Crippen molar-refractivity contribution in [1.82, 2.24) is 5.32 Å². The van der Waals surface area contributed by atoms with E-state index in [1.165, 1.54) is 0 Å². The normalized spacial score (nSPS) is 16.2. The molecule has 1 atom stereocenters. The van der Waals surface area contributed by atoms with E-state index in [1.807, 2.05) is 79.7 Å². The molecule has 1 heterocycles. The molecule has 1 aliphatic rings. The van der Waals surface area contributed by atoms with Gasteiger partial charge in [0.25, 0.3) is 0 Å². The van der Waals surface area contributed by atoms with Crippen molar-refractivity contribution in [2.75, 3.05) is 11.4 Å². The molecule has 0 radical (unpaired) electrons. The van der Waals surface area contributed by atoms with Gasteiger partial charge < -0.3 is 10.2 Å². The minimum absolute atomic E-state index is 0.0639. The quantitative estimate of drug-likeness (QED) is 0.640. The topological polar surface area (TPSA) is 49.4 Å². The maximum atomic E-state index is 13.1. The molecule has 4 rings (SSSR count). The Balaban J connectivity index is 1.53. The Morgan fingerprint density at radius 1 is 1.00 bits per heavy atom. The van der Waals surface area contributed by atoms with Crippen LogP contribution in [0, 0.1) is 12.8 Å². The minimum atomic E-state index is -0.410. The third-order valence-corrected chi connectivity index (χ3v) is 5.92. The van der Waals surface area contributed by atoms with Gasteiger partial charge in [0.2, 0.25) is 11.8 Å². The summed E-state index contributed by atoms with van der Waals surface area (Å²) in [5, 5.41) is 3.77. The zero-order valence-electron chi connectivity index (χ0n) is 16.7. The molecule has 1 N–H and O–H groups in total. The minimum Gasteiger partial charge on any atom is -0.345 e. The number of rotatable bonds is 5. The molecule has 152 valence electrons. The smallest absolute Gasteiger partial charge is 0.227 e. The summed E-state index contributed by atoms with van der Waals surface area (Å²) in [5.41, 5.74) is 3.69. The standard InChI is InChI=1S/C25H23ClN2O2/c1-17-12-13-21(15-22(17)26)28-16-20(14-23(28)29)25(30)27-24(18-8-4-2-5-9-18)19-10-6-3-7-11-19/h2-13,15,20,24H,14,16H2,1H3,(H,27,30)/t20-/m1/s1. The van der Waals surface area contributed by atoms with Gasteiger partial charge in [-0.1, -0.05) is 78.3 Å². The van der Waals surface area contributed by atoms with Gasteiger partial charge in [-0.2, -0.15) is 0 Å². The van der Waals surface area contributed by atoms with Gasteiger partial charge in [-0.3, -0.25) is 9.59 Å². The van der Waals surface area contributed by atoms with E-state index in [0.717, 1.165) is 22.4 Å². The maximum Gasteiger partial charge on any atom is 0.227 e. The van der Waals surface area contributed by atoms with E-state index in [1.54, 1.807) is 11.0 Å². The number of aryl methyl sites for hydroxylation is 1. The molecule has 30 heavy (non-hydrogen) atoms. The average molecular weight is 419 g/mol. The lowest BCUT2D eigenvalue weighted by Gasteiger charge is -2.22. The van der Waals surface area contributed by atoms with Gasteiger partial charge in [-0.15, -0.1) is 0 Å². The van der Waals surface area contributed by atoms with Crippen molar-refractivity contribution in [1.29, 1.82) is 0 Å². The number of halogens is 1. The molecular weight excluding hydrogens is 396 g/mol. The summed E-state index contributed by atoms with van der Waals surface area (Å²) < 4.78 is 0. The van der Waals surface area contributed by atoms with Crippen molar-refractivity contribution in [3.8, 4) is 0 Å². The predicted octanol–water partition coefficient (Wildman–Crippen LogP) is 4.91. The van der Waals surface area contributed by atoms with Crippen LogP contribution in [0.2, 0.25) is 5.02 Å². The first kappa shape index (κ1) is 20.2. The largest absolute Gasteiger partial charge is 0.345 e. The molecule has 0 aliphatic carbocycles. The van der Waals surface area contributed by atoms with Crippen molar-refractivity contribution in [3.05, 3.63) is 101 Å². The van der Waals surface area contributed by atoms with Crippen LogP contribution in [-0.2, 0) is 9.59 Å². The Kier molecular flexibility index (Phi) is 5.86. The first-order valence-electron chi connectivity index (χ1n) is 9.99. The zero-order chi connectivity index (χ0) is 21.1. The fraction of sp³-hybridized carbons (Fsp3) is 0.200. The number of carbonyl (C=O) groups excluding carboxylic acids is 2. The van der Waals surface area contributed by atoms with Crippen LogP contribution in [0.1, 0.15) is 29.2 Å². The van der Waals surface area contributed by atoms with E-state index in [-0.39, 0.29) is 24.3 Å². The maximum absolute atomic E-state index is 13.1. The molecular formula is C25H23ClN2O2. The summed E-state index contributed by atoms with van der Waals surface area (Å²) in [7, 11) is 0. The summed E-state index contributed by atoms with van der Waals surface area (Å²) in [6.07, 6.45) is 0.188. The fourth-order valence-corrected chi connectivity index (χ4v) is 3.97. The van der Waals surface area contributed by atoms with Crippen LogP contribution in [0.3, 0.4) is 0 Å². The predicted molar refractivity (Wildman–Crippen MR) is 120 cm³/mol. The molecule has 3 aromatic carbocycles. The second kappa shape index (κ2) is 8.72. The molecule has 0 bridgehead atoms. The highest BCUT2D eigenvalue weighted by molar-refractivity contribution is 6.31. The molecule has 0 aromatic heterocycles. The Labute approximate surface area is 181 Å². The summed E-state index contributed by atoms with van der Waals surface area (Å²) in [4.78, 5) is 27.4. The van der Waals surface area contributed by atoms with Gasteiger partial charge in [-0.05, 0) is 35.7 Å². The number of carbonyl (C=O) groups is 2. The first-order valence-corrected chi connectivity index (χ1v) is 10.4. The van der Waals surface area contributed by atoms with Crippen LogP contribution in [0.4, 0.5) is 5.69 Å². The molecule has 1 saturated heterocycles. The zero-order valence-corrected chi connectivity index (χ0v) is 17.5. The second-order valence-corrected chi connectivity index (χ2v) is 8.01. The highest BCUT2D eigenvalue weighted by Crippen LogP contribution is 2.30. The summed E-state index contributed by atoms with van der Waals surface area (Å²) in [5.74, 6) is -0.597. The Bertz CT molecular complexity index is 1010. The van der Waals surface area contributed by atoms with Crippen LogP contribution < -0.4 is 10.2 Å². The Hall–Kier alpha value is -3.11. The monoisotopic (exact) mass is 418 g/mol. The van der Waals surface area contributed by atoms with E-state index in [2.05, 4.69) is 5.32 Å². The van der Waals surface area contributed by atoms with Crippen LogP contribution in [0.5, 0.6) is 0 Å². The lowest BCUT2D eigenvalue weighted by atomic mass is 9.97. The molecule has 2 amide bonds. The molecule has 5 heteroatoms. The lowest BCUT2D eigenvalue weighted by Crippen LogP contribution is -2.36.